The SMILES string of the molecule is COc1c(C)cc2c(c1O)[C@@H]1C3[C@@H]4SCC(NC(=O)C(NC(=O)/C=C/c5ccccc5)C(C)C)C(=O)OC[C@@H](c5c6c(c(C)c(OC(C)=O)c54)OCO6)N3[C@@H](C#N)[C@H](C2)N1C. The number of nitrogens with one attached hydrogen (secondary N) is 2. The number of phenolic OH excluding ortho intramolecular Hbond substituents is 1. The molecule has 16 heteroatoms. The summed E-state index contributed by atoms with van der Waals surface area (Å²) in [5, 5.41) is 28.1. The van der Waals surface area contributed by atoms with Gasteiger partial charge in [-0.25, -0.2) is 4.79 Å². The number of rotatable bonds is 8. The van der Waals surface area contributed by atoms with E-state index in [1.54, 1.807) is 26.8 Å². The number of benzene rings is 3. The van der Waals surface area contributed by atoms with Gasteiger partial charge in [0.2, 0.25) is 18.6 Å². The number of hydrogen-bond donors (Lipinski definition) is 3. The van der Waals surface area contributed by atoms with Crippen LogP contribution in [0.25, 0.3) is 6.08 Å². The van der Waals surface area contributed by atoms with Crippen LogP contribution < -0.4 is 29.6 Å². The minimum absolute atomic E-state index is 0.000353. The smallest absolute Gasteiger partial charge is 0.329 e. The summed E-state index contributed by atoms with van der Waals surface area (Å²) in [4.78, 5) is 58.5. The van der Waals surface area contributed by atoms with Crippen LogP contribution in [-0.2, 0) is 30.3 Å². The Hall–Kier alpha value is -5.76. The number of piperazine rings is 1. The third-order valence-electron chi connectivity index (χ3n) is 12.4. The monoisotopic (exact) mass is 851 g/mol. The standard InChI is InChI=1S/C45H49N5O10S/c1-21(2)35(48-31(52)14-13-25-11-9-8-10-12-25)44(54)47-27-19-61-43-34-33(42-41(58-20-59-42)23(4)40(34)60-24(5)51)30(18-57-45(27)55)50-29(17-46)28-16-26-15-22(3)39(56-7)38(53)32(26)36(37(43)50)49(28)6/h8-15,21,27-30,35-37,43,53H,16,18-20H2,1-7H3,(H,47,54)(H,48,52)/b14-13+/t27?,28-,29-,30-,35?,36+,37?,43+/m0/s1. The third-order valence-corrected chi connectivity index (χ3v) is 13.8. The maximum Gasteiger partial charge on any atom is 0.329 e. The van der Waals surface area contributed by atoms with E-state index in [2.05, 4.69) is 26.5 Å². The number of likely N-dealkylation sites (N-methyl/N-ethyl adjacent to an activating group) is 1. The highest BCUT2D eigenvalue weighted by Gasteiger charge is 2.61. The Labute approximate surface area is 358 Å². The van der Waals surface area contributed by atoms with Crippen LogP contribution >= 0.6 is 11.8 Å². The molecular weight excluding hydrogens is 803 g/mol. The minimum Gasteiger partial charge on any atom is -0.504 e. The first kappa shape index (κ1) is 42.0. The highest BCUT2D eigenvalue weighted by atomic mass is 32.2. The molecule has 0 aromatic heterocycles. The number of thioether (sulfide) groups is 1. The molecule has 3 aromatic carbocycles. The number of carbonyl (C=O) groups excluding carboxylic acids is 4. The van der Waals surface area contributed by atoms with Crippen LogP contribution in [0.3, 0.4) is 0 Å². The molecule has 0 saturated carbocycles. The zero-order chi connectivity index (χ0) is 43.4. The van der Waals surface area contributed by atoms with E-state index in [1.165, 1.54) is 31.9 Å². The zero-order valence-electron chi connectivity index (χ0n) is 35.0. The Morgan fingerprint density at radius 2 is 1.80 bits per heavy atom. The Morgan fingerprint density at radius 3 is 2.49 bits per heavy atom. The van der Waals surface area contributed by atoms with Crippen LogP contribution in [0, 0.1) is 31.1 Å². The number of aromatic hydroxyl groups is 1. The van der Waals surface area contributed by atoms with E-state index in [-0.39, 0.29) is 42.6 Å². The quantitative estimate of drug-likeness (QED) is 0.162. The number of carbonyl (C=O) groups is 4. The second-order valence-electron chi connectivity index (χ2n) is 16.4. The van der Waals surface area contributed by atoms with Crippen molar-refractivity contribution in [2.45, 2.75) is 88.6 Å². The molecule has 6 aliphatic heterocycles. The van der Waals surface area contributed by atoms with Crippen molar-refractivity contribution in [1.29, 1.82) is 5.26 Å². The Kier molecular flexibility index (Phi) is 11.4. The van der Waals surface area contributed by atoms with Gasteiger partial charge >= 0.3 is 11.9 Å². The fourth-order valence-electron chi connectivity index (χ4n) is 9.80. The van der Waals surface area contributed by atoms with Gasteiger partial charge in [-0.05, 0) is 56.0 Å². The molecule has 61 heavy (non-hydrogen) atoms. The van der Waals surface area contributed by atoms with Crippen molar-refractivity contribution in [2.24, 2.45) is 5.92 Å². The Morgan fingerprint density at radius 1 is 1.07 bits per heavy atom. The number of phenols is 1. The van der Waals surface area contributed by atoms with Crippen molar-refractivity contribution in [3.05, 3.63) is 81.4 Å². The average Bonchev–Trinajstić information content (AvgIpc) is 3.72. The highest BCUT2D eigenvalue weighted by molar-refractivity contribution is 7.99. The number of nitrogens with zero attached hydrogens (tertiary/aromatic N) is 3. The van der Waals surface area contributed by atoms with Gasteiger partial charge in [-0.1, -0.05) is 50.2 Å². The van der Waals surface area contributed by atoms with Gasteiger partial charge in [0.05, 0.1) is 30.5 Å². The van der Waals surface area contributed by atoms with Crippen molar-refractivity contribution < 1.29 is 48.0 Å². The number of ether oxygens (including phenoxy) is 5. The second-order valence-corrected chi connectivity index (χ2v) is 17.6. The molecule has 2 amide bonds. The third kappa shape index (κ3) is 7.21. The van der Waals surface area contributed by atoms with Gasteiger partial charge in [-0.3, -0.25) is 24.2 Å². The number of amides is 2. The fourth-order valence-corrected chi connectivity index (χ4v) is 11.3. The van der Waals surface area contributed by atoms with Crippen molar-refractivity contribution >= 4 is 41.6 Å². The molecule has 0 aliphatic carbocycles. The Balaban J connectivity index is 1.23. The van der Waals surface area contributed by atoms with Crippen LogP contribution in [0.2, 0.25) is 0 Å². The lowest BCUT2D eigenvalue weighted by molar-refractivity contribution is -0.152. The first-order valence-electron chi connectivity index (χ1n) is 20.3. The van der Waals surface area contributed by atoms with Gasteiger partial charge in [0.15, 0.2) is 23.0 Å². The first-order chi connectivity index (χ1) is 29.2. The summed E-state index contributed by atoms with van der Waals surface area (Å²) in [6.45, 7) is 8.20. The largest absolute Gasteiger partial charge is 0.504 e. The number of esters is 2. The average molecular weight is 852 g/mol. The van der Waals surface area contributed by atoms with Crippen molar-refractivity contribution in [3.8, 4) is 34.8 Å². The van der Waals surface area contributed by atoms with Gasteiger partial charge in [0, 0.05) is 53.1 Å². The zero-order valence-corrected chi connectivity index (χ0v) is 35.8. The summed E-state index contributed by atoms with van der Waals surface area (Å²) >= 11 is 1.34. The van der Waals surface area contributed by atoms with E-state index in [1.807, 2.05) is 50.4 Å². The predicted molar refractivity (Wildman–Crippen MR) is 224 cm³/mol. The highest BCUT2D eigenvalue weighted by Crippen LogP contribution is 2.64. The van der Waals surface area contributed by atoms with Crippen LogP contribution in [0.4, 0.5) is 0 Å². The molecule has 4 bridgehead atoms. The predicted octanol–water partition coefficient (Wildman–Crippen LogP) is 4.57. The molecule has 0 radical (unpaired) electrons. The molecule has 3 unspecified atom stereocenters. The van der Waals surface area contributed by atoms with Gasteiger partial charge < -0.3 is 39.4 Å². The molecule has 6 heterocycles. The first-order valence-corrected chi connectivity index (χ1v) is 21.3. The number of methoxy groups -OCH3 is 1. The molecule has 8 atom stereocenters. The van der Waals surface area contributed by atoms with Gasteiger partial charge in [-0.15, -0.1) is 11.8 Å². The van der Waals surface area contributed by atoms with Crippen molar-refractivity contribution in [1.82, 2.24) is 20.4 Å². The minimum atomic E-state index is -1.17. The lowest BCUT2D eigenvalue weighted by Crippen LogP contribution is -2.69. The molecule has 3 aromatic rings. The number of fused-ring (bicyclic) bond motifs is 10. The summed E-state index contributed by atoms with van der Waals surface area (Å²) in [6.07, 6.45) is 3.46. The molecule has 9 rings (SSSR count). The second kappa shape index (κ2) is 16.6. The topological polar surface area (TPSA) is 189 Å². The Bertz CT molecular complexity index is 2370. The molecule has 320 valence electrons. The molecule has 3 N–H and O–H groups in total. The number of aryl methyl sites for hydroxylation is 1. The normalized spacial score (nSPS) is 25.7. The molecule has 2 saturated heterocycles. The number of hydrogen-bond acceptors (Lipinski definition) is 14. The van der Waals surface area contributed by atoms with E-state index in [0.29, 0.717) is 45.9 Å². The lowest BCUT2D eigenvalue weighted by atomic mass is 9.71. The molecule has 2 fully saturated rings. The summed E-state index contributed by atoms with van der Waals surface area (Å²) < 4.78 is 30.1. The van der Waals surface area contributed by atoms with Crippen LogP contribution in [0.15, 0.2) is 42.5 Å². The molecular formula is C45H49N5O10S. The van der Waals surface area contributed by atoms with Crippen LogP contribution in [-0.4, -0.2) is 102 Å². The van der Waals surface area contributed by atoms with E-state index < -0.39 is 65.3 Å². The van der Waals surface area contributed by atoms with Crippen LogP contribution in [0.1, 0.15) is 77.0 Å². The molecule has 15 nitrogen and oxygen atoms in total. The maximum atomic E-state index is 14.2. The maximum absolute atomic E-state index is 14.2. The van der Waals surface area contributed by atoms with Gasteiger partial charge in [0.25, 0.3) is 0 Å². The van der Waals surface area contributed by atoms with Gasteiger partial charge in [0.1, 0.15) is 30.5 Å². The number of nitriles is 1. The lowest BCUT2D eigenvalue weighted by Gasteiger charge is -2.61. The molecule has 0 spiro atoms. The van der Waals surface area contributed by atoms with E-state index >= 15 is 0 Å². The van der Waals surface area contributed by atoms with Crippen molar-refractivity contribution in [3.63, 3.8) is 0 Å². The van der Waals surface area contributed by atoms with E-state index in [4.69, 9.17) is 23.7 Å². The van der Waals surface area contributed by atoms with Gasteiger partial charge in [-0.2, -0.15) is 5.26 Å². The van der Waals surface area contributed by atoms with Crippen molar-refractivity contribution in [2.75, 3.05) is 33.3 Å². The summed E-state index contributed by atoms with van der Waals surface area (Å²) in [5.74, 6) is -1.25. The summed E-state index contributed by atoms with van der Waals surface area (Å²) in [7, 11) is 3.46. The van der Waals surface area contributed by atoms with E-state index in [0.717, 1.165) is 16.7 Å². The van der Waals surface area contributed by atoms with E-state index in [9.17, 15) is 29.5 Å². The summed E-state index contributed by atoms with van der Waals surface area (Å²) in [5.41, 5.74) is 4.85. The van der Waals surface area contributed by atoms with Crippen LogP contribution in [0.5, 0.6) is 28.7 Å². The molecule has 6 aliphatic rings. The fraction of sp³-hybridized carbons (Fsp3) is 0.444. The summed E-state index contributed by atoms with van der Waals surface area (Å²) in [6, 6.07) is 8.69.